The molecule has 0 aliphatic carbocycles. The molecule has 0 bridgehead atoms. The summed E-state index contributed by atoms with van der Waals surface area (Å²) in [7, 11) is 1.15. The van der Waals surface area contributed by atoms with Crippen molar-refractivity contribution >= 4 is 19.8 Å². The van der Waals surface area contributed by atoms with Gasteiger partial charge in [-0.2, -0.15) is 0 Å². The number of phosphoric ester groups is 1. The van der Waals surface area contributed by atoms with Gasteiger partial charge < -0.3 is 27.9 Å². The molecule has 0 fully saturated rings. The topological polar surface area (TPSA) is 111 Å². The van der Waals surface area contributed by atoms with Gasteiger partial charge in [-0.1, -0.05) is 314 Å². The van der Waals surface area contributed by atoms with E-state index in [9.17, 15) is 19.0 Å². The number of likely N-dealkylation sites (N-methyl/N-ethyl adjacent to an activating group) is 1. The quantitative estimate of drug-likeness (QED) is 0.0195. The Labute approximate surface area is 554 Å². The first-order valence-electron chi connectivity index (χ1n) is 36.5. The van der Waals surface area contributed by atoms with Crippen LogP contribution in [0, 0.1) is 0 Å². The van der Waals surface area contributed by atoms with Crippen LogP contribution in [0.5, 0.6) is 0 Å². The van der Waals surface area contributed by atoms with Crippen LogP contribution >= 0.6 is 7.82 Å². The Morgan fingerprint density at radius 3 is 0.889 bits per heavy atom. The second-order valence-corrected chi connectivity index (χ2v) is 26.6. The number of phosphoric acid groups is 1. The lowest BCUT2D eigenvalue weighted by Crippen LogP contribution is -2.37. The standard InChI is InChI=1S/C80H136NO8P/c1-6-8-10-12-14-16-18-20-22-24-26-28-30-32-34-36-38-39-40-41-43-44-46-48-50-52-54-56-58-60-62-64-66-68-70-72-79(82)86-76-78(77-88-90(84,85)87-75-74-81(3,4)5)89-80(83)73-71-69-67-65-63-61-59-57-55-53-51-49-47-45-42-37-35-33-31-29-27-25-23-21-19-17-15-13-11-9-7-2/h8-11,14-17,20-23,26-29,32-35,42,45,49,51,78H,6-7,12-13,18-19,24-25,30-31,36-41,43-44,46-48,50,52-77H2,1-5H3/b10-8-,11-9-,16-14-,17-15-,22-20-,23-21-,28-26-,29-27-,34-32-,35-33-,45-42-,51-49-. The van der Waals surface area contributed by atoms with Crippen LogP contribution in [0.4, 0.5) is 0 Å². The van der Waals surface area contributed by atoms with Crippen molar-refractivity contribution in [2.75, 3.05) is 47.5 Å². The van der Waals surface area contributed by atoms with Gasteiger partial charge in [-0.15, -0.1) is 0 Å². The van der Waals surface area contributed by atoms with Crippen molar-refractivity contribution in [3.63, 3.8) is 0 Å². The van der Waals surface area contributed by atoms with Crippen molar-refractivity contribution in [3.8, 4) is 0 Å². The Kier molecular flexibility index (Phi) is 66.1. The fourth-order valence-electron chi connectivity index (χ4n) is 9.84. The van der Waals surface area contributed by atoms with Gasteiger partial charge in [-0.3, -0.25) is 14.2 Å². The number of unbranched alkanes of at least 4 members (excludes halogenated alkanes) is 28. The zero-order valence-corrected chi connectivity index (χ0v) is 59.4. The molecule has 9 nitrogen and oxygen atoms in total. The smallest absolute Gasteiger partial charge is 0.306 e. The van der Waals surface area contributed by atoms with Gasteiger partial charge in [0.2, 0.25) is 0 Å². The highest BCUT2D eigenvalue weighted by molar-refractivity contribution is 7.45. The molecule has 0 saturated carbocycles. The van der Waals surface area contributed by atoms with Gasteiger partial charge in [0.25, 0.3) is 7.82 Å². The number of ether oxygens (including phenoxy) is 2. The van der Waals surface area contributed by atoms with Crippen LogP contribution in [0.15, 0.2) is 146 Å². The number of hydrogen-bond donors (Lipinski definition) is 0. The third-order valence-electron chi connectivity index (χ3n) is 15.4. The summed E-state index contributed by atoms with van der Waals surface area (Å²) >= 11 is 0. The third kappa shape index (κ3) is 72.9. The fraction of sp³-hybridized carbons (Fsp3) is 0.675. The molecule has 0 aliphatic rings. The molecule has 2 unspecified atom stereocenters. The Hall–Kier alpha value is -4.11. The van der Waals surface area contributed by atoms with E-state index in [0.717, 1.165) is 122 Å². The first-order valence-corrected chi connectivity index (χ1v) is 38.0. The average Bonchev–Trinajstić information content (AvgIpc) is 3.58. The lowest BCUT2D eigenvalue weighted by Gasteiger charge is -2.28. The van der Waals surface area contributed by atoms with Crippen molar-refractivity contribution in [2.45, 2.75) is 302 Å². The molecule has 0 rings (SSSR count). The van der Waals surface area contributed by atoms with Crippen LogP contribution in [-0.2, 0) is 32.7 Å². The van der Waals surface area contributed by atoms with Crippen molar-refractivity contribution in [2.24, 2.45) is 0 Å². The van der Waals surface area contributed by atoms with Gasteiger partial charge >= 0.3 is 11.9 Å². The van der Waals surface area contributed by atoms with E-state index >= 15 is 0 Å². The largest absolute Gasteiger partial charge is 0.756 e. The molecule has 0 aromatic heterocycles. The number of hydrogen-bond acceptors (Lipinski definition) is 8. The lowest BCUT2D eigenvalue weighted by atomic mass is 10.0. The summed E-state index contributed by atoms with van der Waals surface area (Å²) in [6, 6.07) is 0. The van der Waals surface area contributed by atoms with Crippen molar-refractivity contribution < 1.29 is 42.1 Å². The van der Waals surface area contributed by atoms with Gasteiger partial charge in [0, 0.05) is 12.8 Å². The van der Waals surface area contributed by atoms with Crippen LogP contribution in [0.2, 0.25) is 0 Å². The SMILES string of the molecule is CC/C=C\C/C=C\C/C=C\C/C=C\C/C=C\C/C=C\C/C=C\CCCCCCCCCCCC(=O)OC(COC(=O)CCCCCCCCCCCCCCCCCCCCC/C=C\C/C=C\C/C=C\C/C=C\C/C=C\CC)COP(=O)([O-])OCC[N+](C)(C)C. The predicted octanol–water partition coefficient (Wildman–Crippen LogP) is 23.5. The second-order valence-electron chi connectivity index (χ2n) is 25.2. The van der Waals surface area contributed by atoms with E-state index in [-0.39, 0.29) is 32.0 Å². The maximum absolute atomic E-state index is 12.9. The van der Waals surface area contributed by atoms with E-state index in [1.54, 1.807) is 0 Å². The summed E-state index contributed by atoms with van der Waals surface area (Å²) in [6.07, 6.45) is 102. The fourth-order valence-corrected chi connectivity index (χ4v) is 10.6. The van der Waals surface area contributed by atoms with E-state index in [2.05, 4.69) is 160 Å². The van der Waals surface area contributed by atoms with E-state index in [1.165, 1.54) is 141 Å². The molecule has 0 aliphatic heterocycles. The summed E-state index contributed by atoms with van der Waals surface area (Å²) < 4.78 is 34.3. The number of rotatable bonds is 66. The zero-order valence-electron chi connectivity index (χ0n) is 58.5. The molecule has 0 aromatic carbocycles. The number of quaternary nitrogens is 1. The molecule has 0 radical (unpaired) electrons. The van der Waals surface area contributed by atoms with Crippen LogP contribution < -0.4 is 4.89 Å². The predicted molar refractivity (Wildman–Crippen MR) is 387 cm³/mol. The van der Waals surface area contributed by atoms with Crippen molar-refractivity contribution in [1.29, 1.82) is 0 Å². The maximum atomic E-state index is 12.9. The van der Waals surface area contributed by atoms with Crippen molar-refractivity contribution in [3.05, 3.63) is 146 Å². The minimum Gasteiger partial charge on any atom is -0.756 e. The molecule has 0 saturated heterocycles. The monoisotopic (exact) mass is 1270 g/mol. The molecule has 0 spiro atoms. The highest BCUT2D eigenvalue weighted by Crippen LogP contribution is 2.38. The van der Waals surface area contributed by atoms with Gasteiger partial charge in [-0.05, 0) is 116 Å². The van der Waals surface area contributed by atoms with Crippen LogP contribution in [0.25, 0.3) is 0 Å². The Morgan fingerprint density at radius 2 is 0.600 bits per heavy atom. The van der Waals surface area contributed by atoms with Gasteiger partial charge in [0.15, 0.2) is 6.10 Å². The van der Waals surface area contributed by atoms with E-state index in [0.29, 0.717) is 17.4 Å². The summed E-state index contributed by atoms with van der Waals surface area (Å²) in [6.45, 7) is 4.02. The number of carbonyl (C=O) groups is 2. The number of carbonyl (C=O) groups excluding carboxylic acids is 2. The minimum absolute atomic E-state index is 0.0375. The lowest BCUT2D eigenvalue weighted by molar-refractivity contribution is -0.870. The molecule has 0 aromatic rings. The number of allylic oxidation sites excluding steroid dienone is 24. The normalized spacial score (nSPS) is 14.0. The molecule has 0 amide bonds. The van der Waals surface area contributed by atoms with Crippen LogP contribution in [0.1, 0.15) is 296 Å². The van der Waals surface area contributed by atoms with Crippen LogP contribution in [-0.4, -0.2) is 70.0 Å². The first-order chi connectivity index (χ1) is 44.0. The molecular formula is C80H136NO8P. The molecular weight excluding hydrogens is 1130 g/mol. The third-order valence-corrected chi connectivity index (χ3v) is 16.3. The maximum Gasteiger partial charge on any atom is 0.306 e. The Balaban J connectivity index is 4.05. The van der Waals surface area contributed by atoms with Gasteiger partial charge in [0.1, 0.15) is 19.8 Å². The summed E-state index contributed by atoms with van der Waals surface area (Å²) in [5.74, 6) is -0.839. The summed E-state index contributed by atoms with van der Waals surface area (Å²) in [5.41, 5.74) is 0. The molecule has 0 heterocycles. The Morgan fingerprint density at radius 1 is 0.344 bits per heavy atom. The zero-order chi connectivity index (χ0) is 65.5. The molecule has 2 atom stereocenters. The second kappa shape index (κ2) is 69.2. The van der Waals surface area contributed by atoms with Gasteiger partial charge in [0.05, 0.1) is 27.7 Å². The highest BCUT2D eigenvalue weighted by atomic mass is 31.2. The van der Waals surface area contributed by atoms with E-state index < -0.39 is 26.5 Å². The first kappa shape index (κ1) is 85.9. The molecule has 10 heteroatoms. The molecule has 0 N–H and O–H groups in total. The van der Waals surface area contributed by atoms with Gasteiger partial charge in [-0.25, -0.2) is 0 Å². The average molecular weight is 1270 g/mol. The summed E-state index contributed by atoms with van der Waals surface area (Å²) in [4.78, 5) is 38.1. The highest BCUT2D eigenvalue weighted by Gasteiger charge is 2.22. The Bertz CT molecular complexity index is 2030. The molecule has 514 valence electrons. The molecule has 90 heavy (non-hydrogen) atoms. The van der Waals surface area contributed by atoms with Crippen LogP contribution in [0.3, 0.4) is 0 Å². The minimum atomic E-state index is -4.65. The number of esters is 2. The number of nitrogens with zero attached hydrogens (tertiary/aromatic N) is 1. The van der Waals surface area contributed by atoms with E-state index in [4.69, 9.17) is 18.5 Å². The van der Waals surface area contributed by atoms with E-state index in [1.807, 2.05) is 21.1 Å². The summed E-state index contributed by atoms with van der Waals surface area (Å²) in [5, 5.41) is 0. The van der Waals surface area contributed by atoms with Crippen molar-refractivity contribution in [1.82, 2.24) is 0 Å².